The third kappa shape index (κ3) is 5.53. The van der Waals surface area contributed by atoms with E-state index in [4.69, 9.17) is 4.84 Å². The van der Waals surface area contributed by atoms with Crippen LogP contribution in [0, 0.1) is 0 Å². The summed E-state index contributed by atoms with van der Waals surface area (Å²) in [6.07, 6.45) is 4.23. The van der Waals surface area contributed by atoms with Crippen LogP contribution in [0.1, 0.15) is 19.8 Å². The molecule has 0 spiro atoms. The number of hydroxylamine groups is 1. The van der Waals surface area contributed by atoms with E-state index >= 15 is 0 Å². The fourth-order valence-electron chi connectivity index (χ4n) is 0.613. The molecule has 2 heteroatoms. The van der Waals surface area contributed by atoms with E-state index in [-0.39, 0.29) is 6.10 Å². The van der Waals surface area contributed by atoms with E-state index in [0.717, 1.165) is 12.8 Å². The Labute approximate surface area is 56.9 Å². The highest BCUT2D eigenvalue weighted by molar-refractivity contribution is 4.67. The van der Waals surface area contributed by atoms with Crippen molar-refractivity contribution in [2.24, 2.45) is 0 Å². The van der Waals surface area contributed by atoms with Crippen molar-refractivity contribution < 1.29 is 4.84 Å². The third-order valence-electron chi connectivity index (χ3n) is 1.10. The van der Waals surface area contributed by atoms with Crippen molar-refractivity contribution in [1.82, 2.24) is 5.48 Å². The maximum Gasteiger partial charge on any atom is 0.0765 e. The summed E-state index contributed by atoms with van der Waals surface area (Å²) in [5, 5.41) is 0. The molecule has 0 bridgehead atoms. The smallest absolute Gasteiger partial charge is 0.0765 e. The molecule has 2 nitrogen and oxygen atoms in total. The molecule has 9 heavy (non-hydrogen) atoms. The molecule has 0 amide bonds. The first-order valence-electron chi connectivity index (χ1n) is 3.24. The summed E-state index contributed by atoms with van der Waals surface area (Å²) in [5.41, 5.74) is 2.64. The zero-order valence-corrected chi connectivity index (χ0v) is 6.18. The number of hydrogen-bond acceptors (Lipinski definition) is 2. The Balaban J connectivity index is 3.04. The van der Waals surface area contributed by atoms with Gasteiger partial charge in [0.05, 0.1) is 6.10 Å². The fraction of sp³-hybridized carbons (Fsp3) is 0.714. The van der Waals surface area contributed by atoms with Crippen LogP contribution in [-0.4, -0.2) is 13.2 Å². The van der Waals surface area contributed by atoms with Crippen molar-refractivity contribution >= 4 is 0 Å². The van der Waals surface area contributed by atoms with Crippen LogP contribution in [0.3, 0.4) is 0 Å². The maximum absolute atomic E-state index is 5.05. The van der Waals surface area contributed by atoms with Crippen LogP contribution in [0.15, 0.2) is 12.7 Å². The zero-order chi connectivity index (χ0) is 7.11. The minimum atomic E-state index is 0.285. The highest BCUT2D eigenvalue weighted by Crippen LogP contribution is 1.98. The summed E-state index contributed by atoms with van der Waals surface area (Å²) in [6.45, 7) is 5.64. The topological polar surface area (TPSA) is 21.3 Å². The van der Waals surface area contributed by atoms with E-state index in [0.29, 0.717) is 0 Å². The highest BCUT2D eigenvalue weighted by Gasteiger charge is 1.96. The highest BCUT2D eigenvalue weighted by atomic mass is 16.7. The summed E-state index contributed by atoms with van der Waals surface area (Å²) >= 11 is 0. The third-order valence-corrected chi connectivity index (χ3v) is 1.10. The predicted octanol–water partition coefficient (Wildman–Crippen LogP) is 1.49. The van der Waals surface area contributed by atoms with Gasteiger partial charge < -0.3 is 0 Å². The van der Waals surface area contributed by atoms with Gasteiger partial charge in [0.1, 0.15) is 0 Å². The van der Waals surface area contributed by atoms with Gasteiger partial charge in [-0.15, -0.1) is 6.58 Å². The molecule has 0 saturated heterocycles. The number of nitrogens with one attached hydrogen (secondary N) is 1. The summed E-state index contributed by atoms with van der Waals surface area (Å²) in [5.74, 6) is 0. The Morgan fingerprint density at radius 1 is 1.78 bits per heavy atom. The monoisotopic (exact) mass is 129 g/mol. The predicted molar refractivity (Wildman–Crippen MR) is 39.0 cm³/mol. The molecule has 0 aliphatic rings. The van der Waals surface area contributed by atoms with Crippen LogP contribution in [-0.2, 0) is 4.84 Å². The quantitative estimate of drug-likeness (QED) is 0.448. The van der Waals surface area contributed by atoms with Gasteiger partial charge in [-0.3, -0.25) is 4.84 Å². The van der Waals surface area contributed by atoms with E-state index in [2.05, 4.69) is 12.1 Å². The maximum atomic E-state index is 5.05. The second-order valence-electron chi connectivity index (χ2n) is 2.00. The molecule has 0 aromatic rings. The standard InChI is InChI=1S/C7H15NO/c1-4-5-6-7(2)9-8-3/h4,7-8H,1,5-6H2,2-3H3. The average Bonchev–Trinajstić information content (AvgIpc) is 1.85. The number of allylic oxidation sites excluding steroid dienone is 1. The van der Waals surface area contributed by atoms with Crippen LogP contribution in [0.2, 0.25) is 0 Å². The molecule has 1 unspecified atom stereocenters. The summed E-state index contributed by atoms with van der Waals surface area (Å²) in [7, 11) is 1.77. The largest absolute Gasteiger partial charge is 0.299 e. The van der Waals surface area contributed by atoms with Gasteiger partial charge in [0.2, 0.25) is 0 Å². The normalized spacial score (nSPS) is 13.1. The molecule has 0 heterocycles. The molecule has 0 rings (SSSR count). The Kier molecular flexibility index (Phi) is 5.57. The van der Waals surface area contributed by atoms with Gasteiger partial charge in [-0.05, 0) is 19.8 Å². The molecule has 0 aliphatic carbocycles. The molecule has 1 N–H and O–H groups in total. The van der Waals surface area contributed by atoms with Crippen molar-refractivity contribution in [3.05, 3.63) is 12.7 Å². The SMILES string of the molecule is C=CCCC(C)ONC. The van der Waals surface area contributed by atoms with E-state index in [1.807, 2.05) is 13.0 Å². The molecule has 0 radical (unpaired) electrons. The first kappa shape index (κ1) is 8.66. The first-order chi connectivity index (χ1) is 4.31. The number of rotatable bonds is 5. The van der Waals surface area contributed by atoms with Gasteiger partial charge in [0.15, 0.2) is 0 Å². The number of hydrogen-bond donors (Lipinski definition) is 1. The van der Waals surface area contributed by atoms with Crippen molar-refractivity contribution in [3.63, 3.8) is 0 Å². The molecule has 54 valence electrons. The Hall–Kier alpha value is -0.340. The first-order valence-corrected chi connectivity index (χ1v) is 3.24. The van der Waals surface area contributed by atoms with Gasteiger partial charge in [-0.1, -0.05) is 6.08 Å². The van der Waals surface area contributed by atoms with E-state index in [9.17, 15) is 0 Å². The molecule has 1 atom stereocenters. The van der Waals surface area contributed by atoms with Crippen LogP contribution in [0.4, 0.5) is 0 Å². The Morgan fingerprint density at radius 2 is 2.44 bits per heavy atom. The van der Waals surface area contributed by atoms with Gasteiger partial charge in [0, 0.05) is 7.05 Å². The lowest BCUT2D eigenvalue weighted by Gasteiger charge is -2.08. The lowest BCUT2D eigenvalue weighted by molar-refractivity contribution is -0.00481. The van der Waals surface area contributed by atoms with Crippen LogP contribution >= 0.6 is 0 Å². The fourth-order valence-corrected chi connectivity index (χ4v) is 0.613. The molecule has 0 saturated carbocycles. The molecule has 0 aromatic carbocycles. The van der Waals surface area contributed by atoms with Crippen molar-refractivity contribution in [3.8, 4) is 0 Å². The van der Waals surface area contributed by atoms with E-state index in [1.54, 1.807) is 7.05 Å². The summed E-state index contributed by atoms with van der Waals surface area (Å²) in [6, 6.07) is 0. The second kappa shape index (κ2) is 5.79. The van der Waals surface area contributed by atoms with E-state index in [1.165, 1.54) is 0 Å². The van der Waals surface area contributed by atoms with Crippen molar-refractivity contribution in [1.29, 1.82) is 0 Å². The molecule has 0 fully saturated rings. The van der Waals surface area contributed by atoms with Crippen LogP contribution in [0.25, 0.3) is 0 Å². The molecule has 0 aromatic heterocycles. The second-order valence-corrected chi connectivity index (χ2v) is 2.00. The van der Waals surface area contributed by atoms with Crippen molar-refractivity contribution in [2.75, 3.05) is 7.05 Å². The minimum Gasteiger partial charge on any atom is -0.299 e. The molecule has 0 aliphatic heterocycles. The van der Waals surface area contributed by atoms with Crippen LogP contribution < -0.4 is 5.48 Å². The molecular formula is C7H15NO. The van der Waals surface area contributed by atoms with Crippen molar-refractivity contribution in [2.45, 2.75) is 25.9 Å². The van der Waals surface area contributed by atoms with E-state index < -0.39 is 0 Å². The van der Waals surface area contributed by atoms with Crippen LogP contribution in [0.5, 0.6) is 0 Å². The van der Waals surface area contributed by atoms with Gasteiger partial charge in [0.25, 0.3) is 0 Å². The summed E-state index contributed by atoms with van der Waals surface area (Å²) < 4.78 is 0. The van der Waals surface area contributed by atoms with Gasteiger partial charge in [-0.2, -0.15) is 0 Å². The minimum absolute atomic E-state index is 0.285. The average molecular weight is 129 g/mol. The Bertz CT molecular complexity index is 73.3. The zero-order valence-electron chi connectivity index (χ0n) is 6.18. The summed E-state index contributed by atoms with van der Waals surface area (Å²) in [4.78, 5) is 5.05. The van der Waals surface area contributed by atoms with Gasteiger partial charge >= 0.3 is 0 Å². The lowest BCUT2D eigenvalue weighted by atomic mass is 10.2. The lowest BCUT2D eigenvalue weighted by Crippen LogP contribution is -2.16. The molecular weight excluding hydrogens is 114 g/mol. The Morgan fingerprint density at radius 3 is 2.89 bits per heavy atom. The van der Waals surface area contributed by atoms with Gasteiger partial charge in [-0.25, -0.2) is 5.48 Å².